The molecule has 0 spiro atoms. The van der Waals surface area contributed by atoms with E-state index < -0.39 is 89.0 Å². The Morgan fingerprint density at radius 1 is 1.03 bits per heavy atom. The zero-order valence-corrected chi connectivity index (χ0v) is 35.8. The first-order chi connectivity index (χ1) is 27.8. The molecule has 18 heteroatoms. The number of ketones is 2. The second-order valence-electron chi connectivity index (χ2n) is 16.8. The van der Waals surface area contributed by atoms with Crippen LogP contribution in [0.3, 0.4) is 0 Å². The SMILES string of the molecule is CC[C@@H]1OC(=O)[C@H](C)C(=O)[C@H](C)[C@@H](OC2O[C@H](C)C[C@H](N(C)C)[C@H]2O)[C@](C)(OC)C[C@@H](C)C(=O)[C@H](C)[C@H]2[C@H](/C(N)=N/OCc3cc(-c4ncccn4)on3)C(=O)O[C@@]21C. The number of fused-ring (bicyclic) bond motifs is 1. The fourth-order valence-electron chi connectivity index (χ4n) is 9.08. The van der Waals surface area contributed by atoms with Crippen molar-refractivity contribution < 1.29 is 57.3 Å². The van der Waals surface area contributed by atoms with Gasteiger partial charge in [0.15, 0.2) is 35.9 Å². The highest BCUT2D eigenvalue weighted by Crippen LogP contribution is 2.48. The summed E-state index contributed by atoms with van der Waals surface area (Å²) in [5.74, 6) is -8.36. The molecule has 3 aliphatic heterocycles. The number of methoxy groups -OCH3 is 1. The van der Waals surface area contributed by atoms with E-state index in [4.69, 9.17) is 38.8 Å². The molecule has 18 nitrogen and oxygen atoms in total. The van der Waals surface area contributed by atoms with Gasteiger partial charge in [-0.05, 0) is 67.1 Å². The third-order valence-corrected chi connectivity index (χ3v) is 12.4. The number of aromatic nitrogens is 3. The highest BCUT2D eigenvalue weighted by Gasteiger charge is 2.62. The van der Waals surface area contributed by atoms with Crippen molar-refractivity contribution in [3.05, 3.63) is 30.2 Å². The Hall–Kier alpha value is -4.36. The number of cyclic esters (lactones) is 1. The molecule has 0 radical (unpaired) electrons. The van der Waals surface area contributed by atoms with Crippen LogP contribution in [0, 0.1) is 35.5 Å². The van der Waals surface area contributed by atoms with E-state index in [1.807, 2.05) is 25.9 Å². The van der Waals surface area contributed by atoms with Crippen molar-refractivity contribution in [2.75, 3.05) is 21.2 Å². The summed E-state index contributed by atoms with van der Waals surface area (Å²) in [5.41, 5.74) is 3.93. The van der Waals surface area contributed by atoms with Crippen molar-refractivity contribution in [1.29, 1.82) is 0 Å². The van der Waals surface area contributed by atoms with Crippen molar-refractivity contribution in [2.45, 2.75) is 129 Å². The van der Waals surface area contributed by atoms with Crippen molar-refractivity contribution in [3.63, 3.8) is 0 Å². The number of carbonyl (C=O) groups excluding carboxylic acids is 4. The third kappa shape index (κ3) is 9.36. The van der Waals surface area contributed by atoms with E-state index in [1.54, 1.807) is 66.1 Å². The first-order valence-corrected chi connectivity index (χ1v) is 20.2. The van der Waals surface area contributed by atoms with Crippen molar-refractivity contribution in [1.82, 2.24) is 20.0 Å². The monoisotopic (exact) mass is 828 g/mol. The summed E-state index contributed by atoms with van der Waals surface area (Å²) >= 11 is 0. The average Bonchev–Trinajstić information content (AvgIpc) is 3.79. The van der Waals surface area contributed by atoms with Crippen LogP contribution >= 0.6 is 0 Å². The number of likely N-dealkylation sites (N-methyl/N-ethyl adjacent to an activating group) is 1. The predicted octanol–water partition coefficient (Wildman–Crippen LogP) is 3.09. The van der Waals surface area contributed by atoms with Crippen LogP contribution in [0.2, 0.25) is 0 Å². The Morgan fingerprint density at radius 3 is 2.34 bits per heavy atom. The van der Waals surface area contributed by atoms with Gasteiger partial charge in [-0.25, -0.2) is 9.97 Å². The van der Waals surface area contributed by atoms with Crippen LogP contribution in [0.5, 0.6) is 0 Å². The molecule has 5 heterocycles. The molecule has 59 heavy (non-hydrogen) atoms. The number of Topliss-reactive ketones (excluding diaryl/α,β-unsaturated/α-hetero) is 2. The third-order valence-electron chi connectivity index (χ3n) is 12.4. The molecule has 0 aromatic carbocycles. The number of carbonyl (C=O) groups is 4. The van der Waals surface area contributed by atoms with E-state index in [2.05, 4.69) is 20.3 Å². The molecule has 2 aromatic rings. The number of aliphatic hydroxyl groups excluding tert-OH is 1. The van der Waals surface area contributed by atoms with Crippen LogP contribution < -0.4 is 5.73 Å². The standard InChI is InChI=1S/C41H60N6O12/c1-12-28-41(8)30(29(38(52)58-41)35(42)46-54-19-25-17-27(59-45-25)36-43-14-13-15-44-36)22(4)31(48)20(2)18-40(7,53-11)34(23(5)32(49)24(6)37(51)56-28)57-39-33(50)26(47(9)10)16-21(3)55-39/h13-15,17,20-24,26,28-30,33-34,39,50H,12,16,18-19H2,1-11H3,(H2,42,46)/t20-,21-,22-,23+,24-,26+,28+,29-,30+,33-,34-,39?,40-,41-/m1/s1. The minimum atomic E-state index is -1.58. The van der Waals surface area contributed by atoms with Gasteiger partial charge in [-0.2, -0.15) is 0 Å². The van der Waals surface area contributed by atoms with Crippen LogP contribution in [-0.2, 0) is 54.3 Å². The second-order valence-corrected chi connectivity index (χ2v) is 16.8. The summed E-state index contributed by atoms with van der Waals surface area (Å²) in [7, 11) is 5.15. The maximum absolute atomic E-state index is 14.7. The highest BCUT2D eigenvalue weighted by atomic mass is 16.7. The van der Waals surface area contributed by atoms with Crippen LogP contribution in [0.25, 0.3) is 11.6 Å². The maximum Gasteiger partial charge on any atom is 0.317 e. The summed E-state index contributed by atoms with van der Waals surface area (Å²) in [6, 6.07) is 2.93. The zero-order chi connectivity index (χ0) is 43.6. The lowest BCUT2D eigenvalue weighted by Crippen LogP contribution is -2.59. The van der Waals surface area contributed by atoms with Crippen LogP contribution in [0.1, 0.15) is 80.3 Å². The number of hydrogen-bond donors (Lipinski definition) is 2. The first kappa shape index (κ1) is 45.7. The number of esters is 2. The maximum atomic E-state index is 14.7. The number of ether oxygens (including phenoxy) is 5. The minimum absolute atomic E-state index is 0.0454. The van der Waals surface area contributed by atoms with Gasteiger partial charge in [0.1, 0.15) is 35.5 Å². The number of aliphatic hydroxyl groups is 1. The Kier molecular flexibility index (Phi) is 14.3. The number of nitrogens with zero attached hydrogens (tertiary/aromatic N) is 5. The van der Waals surface area contributed by atoms with Gasteiger partial charge in [0, 0.05) is 55.3 Å². The quantitative estimate of drug-likeness (QED) is 0.115. The first-order valence-electron chi connectivity index (χ1n) is 20.2. The van der Waals surface area contributed by atoms with E-state index in [9.17, 15) is 24.3 Å². The molecule has 3 aliphatic rings. The molecule has 1 unspecified atom stereocenters. The summed E-state index contributed by atoms with van der Waals surface area (Å²) in [6.45, 7) is 13.2. The van der Waals surface area contributed by atoms with Gasteiger partial charge >= 0.3 is 11.9 Å². The molecule has 0 amide bonds. The summed E-state index contributed by atoms with van der Waals surface area (Å²) in [6.07, 6.45) is -0.869. The topological polar surface area (TPSA) is 237 Å². The van der Waals surface area contributed by atoms with Gasteiger partial charge in [-0.3, -0.25) is 19.2 Å². The molecule has 3 fully saturated rings. The average molecular weight is 829 g/mol. The van der Waals surface area contributed by atoms with Gasteiger partial charge < -0.3 is 48.8 Å². The van der Waals surface area contributed by atoms with Crippen LogP contribution in [-0.4, -0.2) is 124 Å². The van der Waals surface area contributed by atoms with Gasteiger partial charge in [0.05, 0.1) is 17.8 Å². The van der Waals surface area contributed by atoms with E-state index in [0.29, 0.717) is 23.7 Å². The number of nitrogens with two attached hydrogens (primary N) is 1. The summed E-state index contributed by atoms with van der Waals surface area (Å²) < 4.78 is 36.3. The summed E-state index contributed by atoms with van der Waals surface area (Å²) in [4.78, 5) is 72.6. The zero-order valence-electron chi connectivity index (χ0n) is 35.8. The van der Waals surface area contributed by atoms with Crippen LogP contribution in [0.15, 0.2) is 34.2 Å². The smallest absolute Gasteiger partial charge is 0.317 e. The minimum Gasteiger partial charge on any atom is -0.458 e. The lowest BCUT2D eigenvalue weighted by molar-refractivity contribution is -0.295. The van der Waals surface area contributed by atoms with Crippen molar-refractivity contribution in [2.24, 2.45) is 46.4 Å². The van der Waals surface area contributed by atoms with Gasteiger partial charge in [0.2, 0.25) is 5.76 Å². The molecule has 326 valence electrons. The largest absolute Gasteiger partial charge is 0.458 e. The normalized spacial score (nSPS) is 37.7. The molecular weight excluding hydrogens is 768 g/mol. The van der Waals surface area contributed by atoms with Crippen molar-refractivity contribution in [3.8, 4) is 11.6 Å². The lowest BCUT2D eigenvalue weighted by atomic mass is 9.67. The summed E-state index contributed by atoms with van der Waals surface area (Å²) in [5, 5.41) is 19.5. The molecule has 14 atom stereocenters. The van der Waals surface area contributed by atoms with E-state index >= 15 is 0 Å². The van der Waals surface area contributed by atoms with Gasteiger partial charge in [-0.1, -0.05) is 38.0 Å². The highest BCUT2D eigenvalue weighted by molar-refractivity contribution is 6.03. The molecule has 5 rings (SSSR count). The molecule has 3 N–H and O–H groups in total. The molecular formula is C41H60N6O12. The fourth-order valence-corrected chi connectivity index (χ4v) is 9.08. The van der Waals surface area contributed by atoms with Crippen molar-refractivity contribution >= 4 is 29.3 Å². The van der Waals surface area contributed by atoms with E-state index in [0.717, 1.165) is 0 Å². The molecule has 0 aliphatic carbocycles. The van der Waals surface area contributed by atoms with E-state index in [1.165, 1.54) is 14.0 Å². The molecule has 0 saturated carbocycles. The second kappa shape index (κ2) is 18.5. The number of hydrogen-bond acceptors (Lipinski definition) is 17. The van der Waals surface area contributed by atoms with Crippen LogP contribution in [0.4, 0.5) is 0 Å². The Morgan fingerprint density at radius 2 is 1.71 bits per heavy atom. The Bertz CT molecular complexity index is 1840. The lowest BCUT2D eigenvalue weighted by Gasteiger charge is -2.47. The number of oxime groups is 1. The van der Waals surface area contributed by atoms with Gasteiger partial charge in [-0.15, -0.1) is 0 Å². The molecule has 2 aromatic heterocycles. The number of rotatable bonds is 10. The van der Waals surface area contributed by atoms with Gasteiger partial charge in [0.25, 0.3) is 0 Å². The molecule has 3 saturated heterocycles. The predicted molar refractivity (Wildman–Crippen MR) is 210 cm³/mol. The fraction of sp³-hybridized carbons (Fsp3) is 0.707. The Labute approximate surface area is 344 Å². The van der Waals surface area contributed by atoms with E-state index in [-0.39, 0.29) is 43.2 Å². The Balaban J connectivity index is 1.49. The molecule has 0 bridgehead atoms. The number of amidine groups is 1.